The monoisotopic (exact) mass is 280 g/mol. The smallest absolute Gasteiger partial charge is 0.123 e. The number of ether oxygens (including phenoxy) is 1. The highest BCUT2D eigenvalue weighted by Crippen LogP contribution is 2.19. The first kappa shape index (κ1) is 13.7. The molecule has 0 unspecified atom stereocenters. The minimum Gasteiger partial charge on any atom is -0.491 e. The van der Waals surface area contributed by atoms with Crippen LogP contribution < -0.4 is 10.5 Å². The lowest BCUT2D eigenvalue weighted by Crippen LogP contribution is -2.09. The number of nitrogens with two attached hydrogens (primary N) is 1. The van der Waals surface area contributed by atoms with Crippen LogP contribution in [-0.4, -0.2) is 11.2 Å². The maximum Gasteiger partial charge on any atom is 0.123 e. The summed E-state index contributed by atoms with van der Waals surface area (Å²) in [4.78, 5) is 0. The second kappa shape index (κ2) is 6.02. The third kappa shape index (κ3) is 2.93. The standard InChI is InChI=1S/C18H20N2O/c1-14-6-7-15-8-9-20(17(15)12-14)10-11-21-18-5-3-2-4-16(18)13-19/h2-9,12H,10-11,13,19H2,1H3. The highest BCUT2D eigenvalue weighted by molar-refractivity contribution is 5.80. The molecule has 21 heavy (non-hydrogen) atoms. The topological polar surface area (TPSA) is 40.2 Å². The molecule has 0 amide bonds. The number of rotatable bonds is 5. The van der Waals surface area contributed by atoms with Crippen LogP contribution in [0, 0.1) is 6.92 Å². The van der Waals surface area contributed by atoms with E-state index in [-0.39, 0.29) is 0 Å². The Morgan fingerprint density at radius 1 is 1.10 bits per heavy atom. The van der Waals surface area contributed by atoms with Gasteiger partial charge >= 0.3 is 0 Å². The third-order valence-corrected chi connectivity index (χ3v) is 3.71. The van der Waals surface area contributed by atoms with Gasteiger partial charge in [0.1, 0.15) is 12.4 Å². The third-order valence-electron chi connectivity index (χ3n) is 3.71. The molecule has 0 radical (unpaired) electrons. The summed E-state index contributed by atoms with van der Waals surface area (Å²) >= 11 is 0. The largest absolute Gasteiger partial charge is 0.491 e. The van der Waals surface area contributed by atoms with E-state index < -0.39 is 0 Å². The summed E-state index contributed by atoms with van der Waals surface area (Å²) in [6.45, 7) is 4.08. The molecule has 0 aliphatic carbocycles. The molecule has 0 saturated carbocycles. The van der Waals surface area contributed by atoms with Crippen LogP contribution in [0.1, 0.15) is 11.1 Å². The lowest BCUT2D eigenvalue weighted by Gasteiger charge is -2.11. The molecule has 3 heteroatoms. The Kier molecular flexibility index (Phi) is 3.93. The van der Waals surface area contributed by atoms with Crippen molar-refractivity contribution in [3.63, 3.8) is 0 Å². The Morgan fingerprint density at radius 3 is 2.81 bits per heavy atom. The molecule has 0 aliphatic heterocycles. The van der Waals surface area contributed by atoms with E-state index in [1.165, 1.54) is 16.5 Å². The predicted molar refractivity (Wildman–Crippen MR) is 86.5 cm³/mol. The van der Waals surface area contributed by atoms with Crippen LogP contribution in [0.3, 0.4) is 0 Å². The van der Waals surface area contributed by atoms with Gasteiger partial charge in [0.15, 0.2) is 0 Å². The zero-order valence-electron chi connectivity index (χ0n) is 12.3. The fraction of sp³-hybridized carbons (Fsp3) is 0.222. The van der Waals surface area contributed by atoms with Gasteiger partial charge in [-0.1, -0.05) is 30.3 Å². The Bertz CT molecular complexity index is 746. The number of nitrogens with zero attached hydrogens (tertiary/aromatic N) is 1. The van der Waals surface area contributed by atoms with Gasteiger partial charge in [0, 0.05) is 23.8 Å². The van der Waals surface area contributed by atoms with E-state index in [2.05, 4.69) is 42.0 Å². The summed E-state index contributed by atoms with van der Waals surface area (Å²) < 4.78 is 8.11. The molecule has 3 rings (SSSR count). The summed E-state index contributed by atoms with van der Waals surface area (Å²) in [6.07, 6.45) is 2.11. The van der Waals surface area contributed by atoms with Crippen LogP contribution in [0.25, 0.3) is 10.9 Å². The zero-order chi connectivity index (χ0) is 14.7. The Labute approximate surface area is 125 Å². The van der Waals surface area contributed by atoms with Crippen molar-refractivity contribution in [2.75, 3.05) is 6.61 Å². The number of fused-ring (bicyclic) bond motifs is 1. The average Bonchev–Trinajstić information content (AvgIpc) is 2.90. The first-order valence-corrected chi connectivity index (χ1v) is 7.24. The highest BCUT2D eigenvalue weighted by Gasteiger charge is 2.03. The molecule has 1 aromatic heterocycles. The van der Waals surface area contributed by atoms with Gasteiger partial charge in [0.2, 0.25) is 0 Å². The van der Waals surface area contributed by atoms with E-state index in [4.69, 9.17) is 10.5 Å². The molecule has 0 fully saturated rings. The van der Waals surface area contributed by atoms with Crippen molar-refractivity contribution in [2.24, 2.45) is 5.73 Å². The molecule has 108 valence electrons. The van der Waals surface area contributed by atoms with Crippen LogP contribution in [0.4, 0.5) is 0 Å². The minimum absolute atomic E-state index is 0.502. The lowest BCUT2D eigenvalue weighted by atomic mass is 10.2. The number of para-hydroxylation sites is 1. The van der Waals surface area contributed by atoms with Crippen molar-refractivity contribution >= 4 is 10.9 Å². The van der Waals surface area contributed by atoms with Gasteiger partial charge in [-0.15, -0.1) is 0 Å². The summed E-state index contributed by atoms with van der Waals surface area (Å²) in [5, 5.41) is 1.27. The van der Waals surface area contributed by atoms with Crippen molar-refractivity contribution in [2.45, 2.75) is 20.0 Å². The fourth-order valence-electron chi connectivity index (χ4n) is 2.56. The molecule has 3 aromatic rings. The van der Waals surface area contributed by atoms with Gasteiger partial charge in [-0.25, -0.2) is 0 Å². The number of hydrogen-bond donors (Lipinski definition) is 1. The Balaban J connectivity index is 1.71. The van der Waals surface area contributed by atoms with Crippen molar-refractivity contribution in [3.05, 3.63) is 65.9 Å². The first-order valence-electron chi connectivity index (χ1n) is 7.24. The highest BCUT2D eigenvalue weighted by atomic mass is 16.5. The quantitative estimate of drug-likeness (QED) is 0.777. The average molecular weight is 280 g/mol. The van der Waals surface area contributed by atoms with E-state index in [0.717, 1.165) is 17.9 Å². The van der Waals surface area contributed by atoms with Gasteiger partial charge in [-0.2, -0.15) is 0 Å². The minimum atomic E-state index is 0.502. The number of benzene rings is 2. The molecule has 1 heterocycles. The SMILES string of the molecule is Cc1ccc2ccn(CCOc3ccccc3CN)c2c1. The normalized spacial score (nSPS) is 11.0. The molecule has 0 spiro atoms. The first-order chi connectivity index (χ1) is 10.3. The second-order valence-electron chi connectivity index (χ2n) is 5.23. The van der Waals surface area contributed by atoms with Crippen LogP contribution in [0.2, 0.25) is 0 Å². The maximum absolute atomic E-state index is 5.88. The van der Waals surface area contributed by atoms with E-state index >= 15 is 0 Å². The van der Waals surface area contributed by atoms with Crippen LogP contribution in [0.5, 0.6) is 5.75 Å². The summed E-state index contributed by atoms with van der Waals surface area (Å²) in [5.41, 5.74) is 9.30. The molecule has 0 aliphatic rings. The molecule has 2 N–H and O–H groups in total. The van der Waals surface area contributed by atoms with Gasteiger partial charge in [-0.05, 0) is 36.1 Å². The van der Waals surface area contributed by atoms with Crippen LogP contribution in [0.15, 0.2) is 54.7 Å². The van der Waals surface area contributed by atoms with E-state index in [0.29, 0.717) is 13.2 Å². The van der Waals surface area contributed by atoms with Gasteiger partial charge in [0.25, 0.3) is 0 Å². The van der Waals surface area contributed by atoms with Crippen molar-refractivity contribution in [1.82, 2.24) is 4.57 Å². The molecule has 0 atom stereocenters. The van der Waals surface area contributed by atoms with E-state index in [9.17, 15) is 0 Å². The molecule has 0 saturated heterocycles. The summed E-state index contributed by atoms with van der Waals surface area (Å²) in [6, 6.07) is 16.6. The second-order valence-corrected chi connectivity index (χ2v) is 5.23. The zero-order valence-corrected chi connectivity index (χ0v) is 12.3. The molecule has 2 aromatic carbocycles. The summed E-state index contributed by atoms with van der Waals surface area (Å²) in [5.74, 6) is 0.882. The fourth-order valence-corrected chi connectivity index (χ4v) is 2.56. The van der Waals surface area contributed by atoms with Gasteiger partial charge < -0.3 is 15.0 Å². The number of hydrogen-bond acceptors (Lipinski definition) is 2. The molecular formula is C18H20N2O. The molecule has 3 nitrogen and oxygen atoms in total. The summed E-state index contributed by atoms with van der Waals surface area (Å²) in [7, 11) is 0. The molecule has 0 bridgehead atoms. The van der Waals surface area contributed by atoms with Crippen molar-refractivity contribution in [1.29, 1.82) is 0 Å². The van der Waals surface area contributed by atoms with Crippen LogP contribution in [-0.2, 0) is 13.1 Å². The van der Waals surface area contributed by atoms with Crippen molar-refractivity contribution in [3.8, 4) is 5.75 Å². The van der Waals surface area contributed by atoms with Crippen molar-refractivity contribution < 1.29 is 4.74 Å². The van der Waals surface area contributed by atoms with Crippen LogP contribution >= 0.6 is 0 Å². The molecular weight excluding hydrogens is 260 g/mol. The lowest BCUT2D eigenvalue weighted by molar-refractivity contribution is 0.297. The number of aromatic nitrogens is 1. The predicted octanol–water partition coefficient (Wildman–Crippen LogP) is 3.49. The van der Waals surface area contributed by atoms with Gasteiger partial charge in [0.05, 0.1) is 6.54 Å². The van der Waals surface area contributed by atoms with E-state index in [1.54, 1.807) is 0 Å². The Hall–Kier alpha value is -2.26. The van der Waals surface area contributed by atoms with E-state index in [1.807, 2.05) is 24.3 Å². The maximum atomic E-state index is 5.88. The Morgan fingerprint density at radius 2 is 1.95 bits per heavy atom. The van der Waals surface area contributed by atoms with Gasteiger partial charge in [-0.3, -0.25) is 0 Å². The number of aryl methyl sites for hydroxylation is 1.